The number of rotatable bonds is 13. The molecule has 0 bridgehead atoms. The fourth-order valence-corrected chi connectivity index (χ4v) is 8.94. The highest BCUT2D eigenvalue weighted by molar-refractivity contribution is 9.11. The van der Waals surface area contributed by atoms with E-state index in [9.17, 15) is 28.0 Å². The summed E-state index contributed by atoms with van der Waals surface area (Å²) in [6.07, 6.45) is 4.51. The van der Waals surface area contributed by atoms with E-state index in [1.54, 1.807) is 51.9 Å². The van der Waals surface area contributed by atoms with Crippen LogP contribution < -0.4 is 16.9 Å². The van der Waals surface area contributed by atoms with Gasteiger partial charge < -0.3 is 14.9 Å². The third-order valence-electron chi connectivity index (χ3n) is 11.1. The number of aromatic nitrogens is 4. The summed E-state index contributed by atoms with van der Waals surface area (Å²) >= 11 is 6.80. The molecule has 65 heavy (non-hydrogen) atoms. The molecule has 0 fully saturated rings. The number of carbonyl (C=O) groups excluding carboxylic acids is 2. The lowest BCUT2D eigenvalue weighted by atomic mass is 9.98. The second-order valence-corrected chi connectivity index (χ2v) is 17.3. The van der Waals surface area contributed by atoms with Crippen LogP contribution in [0.1, 0.15) is 48.7 Å². The maximum absolute atomic E-state index is 14.8. The summed E-state index contributed by atoms with van der Waals surface area (Å²) in [5.41, 5.74) is 12.1. The minimum absolute atomic E-state index is 0.0437. The van der Waals surface area contributed by atoms with E-state index in [0.29, 0.717) is 55.6 Å². The minimum Gasteiger partial charge on any atom is -0.384 e. The number of ketones is 2. The van der Waals surface area contributed by atoms with Crippen LogP contribution in [0, 0.1) is 11.6 Å². The first-order valence-corrected chi connectivity index (χ1v) is 22.8. The lowest BCUT2D eigenvalue weighted by molar-refractivity contribution is -0.118. The molecule has 8 aromatic rings. The van der Waals surface area contributed by atoms with E-state index < -0.39 is 11.6 Å². The SMILES string of the molecule is CCc1cc2c(cn1)cc(-c1cc(CC(=O)Cc3ccccc3)c(F)cc1Br)c(=O)n2CC.CCn1c(=O)c(-c2cc(CC(=O)Cc3ccccc3)c(F)cc2Br)cc2cnc(N)cc21. The largest absolute Gasteiger partial charge is 0.384 e. The van der Waals surface area contributed by atoms with Gasteiger partial charge in [0.25, 0.3) is 11.1 Å². The van der Waals surface area contributed by atoms with Crippen molar-refractivity contribution in [2.24, 2.45) is 0 Å². The van der Waals surface area contributed by atoms with E-state index in [1.807, 2.05) is 87.5 Å². The topological polar surface area (TPSA) is 130 Å². The second kappa shape index (κ2) is 20.6. The Morgan fingerprint density at radius 3 is 1.43 bits per heavy atom. The van der Waals surface area contributed by atoms with E-state index in [4.69, 9.17) is 5.73 Å². The number of hydrogen-bond acceptors (Lipinski definition) is 7. The number of carbonyl (C=O) groups is 2. The first kappa shape index (κ1) is 46.5. The van der Waals surface area contributed by atoms with Crippen molar-refractivity contribution >= 4 is 71.1 Å². The van der Waals surface area contributed by atoms with Gasteiger partial charge in [0, 0.05) is 105 Å². The summed E-state index contributed by atoms with van der Waals surface area (Å²) < 4.78 is 33.7. The number of benzene rings is 4. The summed E-state index contributed by atoms with van der Waals surface area (Å²) in [6.45, 7) is 6.75. The standard InChI is InChI=1S/C27H24BrFN2O2.C25H21BrFN3O2/c1-3-20-14-26-19(16-30-20)13-23(27(33)31(26)4-2)22-12-18(25(29)15-24(22)28)11-21(32)10-17-8-6-5-7-9-17;1-2-30-23-13-24(28)29-14-17(23)11-20(25(30)32)19-10-16(22(27)12-21(19)26)9-18(31)8-15-6-4-3-5-7-15/h5-9,12-16H,3-4,10-11H2,1-2H3;3-7,10-14H,2,8-9H2,1H3,(H2,28,29). The highest BCUT2D eigenvalue weighted by Crippen LogP contribution is 2.33. The van der Waals surface area contributed by atoms with E-state index >= 15 is 0 Å². The summed E-state index contributed by atoms with van der Waals surface area (Å²) in [5.74, 6) is -0.832. The van der Waals surface area contributed by atoms with Gasteiger partial charge in [-0.05, 0) is 85.0 Å². The summed E-state index contributed by atoms with van der Waals surface area (Å²) in [5, 5.41) is 1.58. The van der Waals surface area contributed by atoms with Crippen LogP contribution >= 0.6 is 31.9 Å². The number of halogens is 4. The van der Waals surface area contributed by atoms with Crippen LogP contribution in [0.25, 0.3) is 44.1 Å². The lowest BCUT2D eigenvalue weighted by Gasteiger charge is -2.14. The molecule has 0 saturated heterocycles. The quantitative estimate of drug-likeness (QED) is 0.122. The first-order chi connectivity index (χ1) is 31.3. The van der Waals surface area contributed by atoms with Gasteiger partial charge in [-0.15, -0.1) is 0 Å². The number of fused-ring (bicyclic) bond motifs is 2. The number of hydrogen-bond donors (Lipinski definition) is 1. The van der Waals surface area contributed by atoms with Gasteiger partial charge >= 0.3 is 0 Å². The average Bonchev–Trinajstić information content (AvgIpc) is 3.29. The van der Waals surface area contributed by atoms with E-state index in [2.05, 4.69) is 41.8 Å². The Labute approximate surface area is 391 Å². The Bertz CT molecular complexity index is 3210. The van der Waals surface area contributed by atoms with E-state index in [-0.39, 0.29) is 59.5 Å². The molecule has 0 aliphatic heterocycles. The number of nitrogen functional groups attached to an aromatic ring is 1. The molecule has 9 nitrogen and oxygen atoms in total. The van der Waals surface area contributed by atoms with Gasteiger partial charge in [-0.3, -0.25) is 24.2 Å². The molecule has 0 aliphatic rings. The number of pyridine rings is 4. The van der Waals surface area contributed by atoms with E-state index in [1.165, 1.54) is 12.1 Å². The molecule has 0 amide bonds. The van der Waals surface area contributed by atoms with Gasteiger partial charge in [0.2, 0.25) is 0 Å². The fraction of sp³-hybridized carbons (Fsp3) is 0.192. The van der Waals surface area contributed by atoms with Gasteiger partial charge in [-0.1, -0.05) is 99.4 Å². The zero-order chi connectivity index (χ0) is 46.4. The van der Waals surface area contributed by atoms with Crippen LogP contribution in [0.5, 0.6) is 0 Å². The molecule has 4 aromatic carbocycles. The molecule has 4 heterocycles. The molecule has 0 unspecified atom stereocenters. The van der Waals surface area contributed by atoms with Crippen molar-refractivity contribution in [3.8, 4) is 22.3 Å². The lowest BCUT2D eigenvalue weighted by Crippen LogP contribution is -2.22. The maximum atomic E-state index is 14.8. The van der Waals surface area contributed by atoms with Crippen LogP contribution in [0.3, 0.4) is 0 Å². The molecule has 8 rings (SSSR count). The smallest absolute Gasteiger partial charge is 0.258 e. The zero-order valence-electron chi connectivity index (χ0n) is 36.0. The van der Waals surface area contributed by atoms with Gasteiger partial charge in [-0.2, -0.15) is 0 Å². The Kier molecular flexibility index (Phi) is 14.7. The maximum Gasteiger partial charge on any atom is 0.258 e. The van der Waals surface area contributed by atoms with Crippen molar-refractivity contribution in [2.45, 2.75) is 66.0 Å². The Hall–Kier alpha value is -6.44. The molecule has 0 radical (unpaired) electrons. The van der Waals surface area contributed by atoms with Crippen molar-refractivity contribution in [3.63, 3.8) is 0 Å². The Morgan fingerprint density at radius 1 is 0.569 bits per heavy atom. The van der Waals surface area contributed by atoms with Crippen molar-refractivity contribution < 1.29 is 18.4 Å². The van der Waals surface area contributed by atoms with Crippen LogP contribution in [0.2, 0.25) is 0 Å². The Morgan fingerprint density at radius 2 is 1.00 bits per heavy atom. The highest BCUT2D eigenvalue weighted by Gasteiger charge is 2.20. The number of nitrogens with zero attached hydrogens (tertiary/aromatic N) is 4. The fourth-order valence-electron chi connectivity index (χ4n) is 7.88. The van der Waals surface area contributed by atoms with Crippen molar-refractivity contribution in [3.05, 3.63) is 191 Å². The predicted octanol–water partition coefficient (Wildman–Crippen LogP) is 10.8. The number of nitrogens with two attached hydrogens (primary N) is 1. The van der Waals surface area contributed by atoms with Crippen LogP contribution in [0.15, 0.2) is 140 Å². The third-order valence-corrected chi connectivity index (χ3v) is 12.5. The molecular weight excluding hydrogens is 956 g/mol. The van der Waals surface area contributed by atoms with Crippen LogP contribution in [-0.2, 0) is 54.8 Å². The van der Waals surface area contributed by atoms with Gasteiger partial charge in [0.15, 0.2) is 0 Å². The predicted molar refractivity (Wildman–Crippen MR) is 261 cm³/mol. The highest BCUT2D eigenvalue weighted by atomic mass is 79.9. The van der Waals surface area contributed by atoms with Crippen molar-refractivity contribution in [2.75, 3.05) is 5.73 Å². The Balaban J connectivity index is 0.000000194. The summed E-state index contributed by atoms with van der Waals surface area (Å²) in [4.78, 5) is 60.4. The van der Waals surface area contributed by atoms with Crippen molar-refractivity contribution in [1.82, 2.24) is 19.1 Å². The van der Waals surface area contributed by atoms with Crippen molar-refractivity contribution in [1.29, 1.82) is 0 Å². The van der Waals surface area contributed by atoms with Crippen LogP contribution in [0.4, 0.5) is 14.6 Å². The molecule has 4 aromatic heterocycles. The van der Waals surface area contributed by atoms with Gasteiger partial charge in [0.05, 0.1) is 11.0 Å². The molecule has 0 saturated carbocycles. The molecule has 13 heteroatoms. The minimum atomic E-state index is -0.493. The molecule has 0 aliphatic carbocycles. The summed E-state index contributed by atoms with van der Waals surface area (Å²) in [7, 11) is 0. The molecule has 0 spiro atoms. The average molecular weight is 1000 g/mol. The molecule has 330 valence electrons. The molecule has 2 N–H and O–H groups in total. The third kappa shape index (κ3) is 10.6. The van der Waals surface area contributed by atoms with Gasteiger partial charge in [-0.25, -0.2) is 13.8 Å². The monoisotopic (exact) mass is 999 g/mol. The number of Topliss-reactive ketones (excluding diaryl/α,β-unsaturated/α-hetero) is 2. The van der Waals surface area contributed by atoms with Crippen LogP contribution in [-0.4, -0.2) is 30.7 Å². The number of aryl methyl sites for hydroxylation is 3. The van der Waals surface area contributed by atoms with Gasteiger partial charge in [0.1, 0.15) is 29.0 Å². The zero-order valence-corrected chi connectivity index (χ0v) is 39.2. The first-order valence-electron chi connectivity index (χ1n) is 21.2. The second-order valence-electron chi connectivity index (χ2n) is 15.6. The summed E-state index contributed by atoms with van der Waals surface area (Å²) in [6, 6.07) is 31.7. The number of anilines is 1. The molecule has 0 atom stereocenters. The van der Waals surface area contributed by atoms with E-state index in [0.717, 1.165) is 39.5 Å². The molecular formula is C52H45Br2F2N5O4. The normalized spacial score (nSPS) is 11.1.